The van der Waals surface area contributed by atoms with E-state index in [1.54, 1.807) is 0 Å². The van der Waals surface area contributed by atoms with Crippen LogP contribution in [0.2, 0.25) is 0 Å². The second kappa shape index (κ2) is 5.61. The molecule has 0 spiro atoms. The molecule has 0 aromatic carbocycles. The number of hydrazine groups is 1. The summed E-state index contributed by atoms with van der Waals surface area (Å²) in [4.78, 5) is 0. The fraction of sp³-hybridized carbons (Fsp3) is 1.00. The second-order valence-electron chi connectivity index (χ2n) is 2.27. The molecule has 0 saturated heterocycles. The molecule has 0 unspecified atom stereocenters. The highest BCUT2D eigenvalue weighted by molar-refractivity contribution is 4.54. The monoisotopic (exact) mass is 148 g/mol. The second-order valence-corrected chi connectivity index (χ2v) is 2.27. The molecule has 0 amide bonds. The Bertz CT molecular complexity index is 70.1. The molecule has 0 saturated carbocycles. The highest BCUT2D eigenvalue weighted by Crippen LogP contribution is 1.89. The molecule has 0 aliphatic carbocycles. The first-order valence-corrected chi connectivity index (χ1v) is 3.38. The Balaban J connectivity index is 3.17. The molecule has 0 radical (unpaired) electrons. The van der Waals surface area contributed by atoms with Crippen LogP contribution in [-0.2, 0) is 0 Å². The summed E-state index contributed by atoms with van der Waals surface area (Å²) in [5, 5.41) is 19.2. The third-order valence-corrected chi connectivity index (χ3v) is 1.39. The van der Waals surface area contributed by atoms with Crippen LogP contribution in [-0.4, -0.2) is 48.6 Å². The van der Waals surface area contributed by atoms with E-state index in [1.807, 2.05) is 19.1 Å². The first-order chi connectivity index (χ1) is 4.70. The predicted molar refractivity (Wildman–Crippen MR) is 39.4 cm³/mol. The third-order valence-electron chi connectivity index (χ3n) is 1.39. The van der Waals surface area contributed by atoms with Crippen molar-refractivity contribution in [3.8, 4) is 0 Å². The maximum absolute atomic E-state index is 8.90. The largest absolute Gasteiger partial charge is 0.394 e. The van der Waals surface area contributed by atoms with E-state index in [4.69, 9.17) is 10.2 Å². The van der Waals surface area contributed by atoms with Crippen LogP contribution in [0.5, 0.6) is 0 Å². The zero-order valence-electron chi connectivity index (χ0n) is 6.54. The Kier molecular flexibility index (Phi) is 5.52. The number of nitrogens with one attached hydrogen (secondary N) is 1. The number of nitrogens with zero attached hydrogens (tertiary/aromatic N) is 1. The van der Waals surface area contributed by atoms with Crippen molar-refractivity contribution in [2.45, 2.75) is 12.5 Å². The van der Waals surface area contributed by atoms with Crippen LogP contribution in [0, 0.1) is 0 Å². The van der Waals surface area contributed by atoms with Gasteiger partial charge in [0.05, 0.1) is 12.7 Å². The first kappa shape index (κ1) is 9.84. The van der Waals surface area contributed by atoms with Crippen molar-refractivity contribution in [3.05, 3.63) is 0 Å². The minimum atomic E-state index is -0.587. The van der Waals surface area contributed by atoms with E-state index in [-0.39, 0.29) is 6.61 Å². The molecule has 3 N–H and O–H groups in total. The van der Waals surface area contributed by atoms with E-state index in [2.05, 4.69) is 5.43 Å². The van der Waals surface area contributed by atoms with Gasteiger partial charge in [-0.1, -0.05) is 0 Å². The van der Waals surface area contributed by atoms with Crippen LogP contribution in [0.4, 0.5) is 0 Å². The Morgan fingerprint density at radius 3 is 2.60 bits per heavy atom. The van der Waals surface area contributed by atoms with Gasteiger partial charge < -0.3 is 10.2 Å². The predicted octanol–water partition coefficient (Wildman–Crippen LogP) is -1.20. The van der Waals surface area contributed by atoms with E-state index in [1.165, 1.54) is 0 Å². The number of aliphatic hydroxyl groups excluding tert-OH is 2. The molecular formula is C6H16N2O2. The summed E-state index contributed by atoms with van der Waals surface area (Å²) < 4.78 is 0. The molecule has 0 aromatic rings. The summed E-state index contributed by atoms with van der Waals surface area (Å²) in [6.07, 6.45) is 0.00389. The molecule has 1 atom stereocenters. The van der Waals surface area contributed by atoms with Crippen LogP contribution in [0.3, 0.4) is 0 Å². The number of hydrogen-bond acceptors (Lipinski definition) is 4. The van der Waals surface area contributed by atoms with E-state index in [9.17, 15) is 0 Å². The Hall–Kier alpha value is -0.160. The highest BCUT2D eigenvalue weighted by atomic mass is 16.3. The van der Waals surface area contributed by atoms with Gasteiger partial charge in [0.25, 0.3) is 0 Å². The van der Waals surface area contributed by atoms with Crippen molar-refractivity contribution in [2.75, 3.05) is 27.2 Å². The van der Waals surface area contributed by atoms with Crippen LogP contribution in [0.25, 0.3) is 0 Å². The van der Waals surface area contributed by atoms with Gasteiger partial charge in [-0.25, -0.2) is 5.01 Å². The maximum Gasteiger partial charge on any atom is 0.0783 e. The van der Waals surface area contributed by atoms with Gasteiger partial charge in [-0.15, -0.1) is 0 Å². The van der Waals surface area contributed by atoms with Crippen molar-refractivity contribution < 1.29 is 10.2 Å². The van der Waals surface area contributed by atoms with E-state index < -0.39 is 6.10 Å². The van der Waals surface area contributed by atoms with E-state index in [0.29, 0.717) is 6.42 Å². The van der Waals surface area contributed by atoms with Crippen molar-refractivity contribution in [1.29, 1.82) is 0 Å². The van der Waals surface area contributed by atoms with Gasteiger partial charge >= 0.3 is 0 Å². The van der Waals surface area contributed by atoms with Gasteiger partial charge in [0.1, 0.15) is 0 Å². The highest BCUT2D eigenvalue weighted by Gasteiger charge is 2.02. The zero-order valence-corrected chi connectivity index (χ0v) is 6.54. The fourth-order valence-electron chi connectivity index (χ4n) is 0.546. The summed E-state index contributed by atoms with van der Waals surface area (Å²) in [6, 6.07) is 0. The molecule has 0 aromatic heterocycles. The summed E-state index contributed by atoms with van der Waals surface area (Å²) in [6.45, 7) is 0.579. The Morgan fingerprint density at radius 1 is 1.60 bits per heavy atom. The summed E-state index contributed by atoms with van der Waals surface area (Å²) in [7, 11) is 3.69. The lowest BCUT2D eigenvalue weighted by atomic mass is 10.3. The van der Waals surface area contributed by atoms with Crippen molar-refractivity contribution in [2.24, 2.45) is 0 Å². The number of hydrogen-bond donors (Lipinski definition) is 3. The average Bonchev–Trinajstić information content (AvgIpc) is 1.99. The van der Waals surface area contributed by atoms with Gasteiger partial charge in [0, 0.05) is 13.6 Å². The van der Waals surface area contributed by atoms with Gasteiger partial charge in [-0.05, 0) is 13.5 Å². The van der Waals surface area contributed by atoms with Gasteiger partial charge in [0.15, 0.2) is 0 Å². The maximum atomic E-state index is 8.90. The van der Waals surface area contributed by atoms with E-state index >= 15 is 0 Å². The Morgan fingerprint density at radius 2 is 2.20 bits per heavy atom. The lowest BCUT2D eigenvalue weighted by molar-refractivity contribution is 0.0755. The number of aliphatic hydroxyl groups is 2. The fourth-order valence-corrected chi connectivity index (χ4v) is 0.546. The van der Waals surface area contributed by atoms with Crippen LogP contribution in [0.1, 0.15) is 6.42 Å². The molecule has 4 nitrogen and oxygen atoms in total. The van der Waals surface area contributed by atoms with Crippen LogP contribution in [0.15, 0.2) is 0 Å². The molecule has 62 valence electrons. The first-order valence-electron chi connectivity index (χ1n) is 3.38. The van der Waals surface area contributed by atoms with E-state index in [0.717, 1.165) is 6.54 Å². The lowest BCUT2D eigenvalue weighted by Gasteiger charge is -2.15. The van der Waals surface area contributed by atoms with Crippen molar-refractivity contribution in [1.82, 2.24) is 10.4 Å². The van der Waals surface area contributed by atoms with Gasteiger partial charge in [-0.2, -0.15) is 0 Å². The van der Waals surface area contributed by atoms with Gasteiger partial charge in [-0.3, -0.25) is 5.43 Å². The van der Waals surface area contributed by atoms with Crippen molar-refractivity contribution in [3.63, 3.8) is 0 Å². The topological polar surface area (TPSA) is 55.7 Å². The smallest absolute Gasteiger partial charge is 0.0783 e. The summed E-state index contributed by atoms with van der Waals surface area (Å²) >= 11 is 0. The average molecular weight is 148 g/mol. The third kappa shape index (κ3) is 4.69. The summed E-state index contributed by atoms with van der Waals surface area (Å²) in [5.41, 5.74) is 2.88. The standard InChI is InChI=1S/C6H16N2O2/c1-7-8(2)4-3-6(10)5-9/h6-7,9-10H,3-5H2,1-2H3/t6-/m1/s1. The van der Waals surface area contributed by atoms with Crippen LogP contribution < -0.4 is 5.43 Å². The Labute approximate surface area is 61.4 Å². The molecule has 0 heterocycles. The van der Waals surface area contributed by atoms with Gasteiger partial charge in [0.2, 0.25) is 0 Å². The molecule has 10 heavy (non-hydrogen) atoms. The SMILES string of the molecule is CNN(C)CC[C@@H](O)CO. The minimum Gasteiger partial charge on any atom is -0.394 e. The summed E-state index contributed by atoms with van der Waals surface area (Å²) in [5.74, 6) is 0. The van der Waals surface area contributed by atoms with Crippen molar-refractivity contribution >= 4 is 0 Å². The molecule has 0 rings (SSSR count). The lowest BCUT2D eigenvalue weighted by Crippen LogP contribution is -2.33. The number of rotatable bonds is 5. The normalized spacial score (nSPS) is 14.1. The minimum absolute atomic E-state index is 0.155. The quantitative estimate of drug-likeness (QED) is 0.428. The molecule has 4 heteroatoms. The molecule has 0 fully saturated rings. The van der Waals surface area contributed by atoms with Crippen LogP contribution >= 0.6 is 0 Å². The zero-order chi connectivity index (χ0) is 7.98. The molecule has 0 aliphatic heterocycles. The molecule has 0 aliphatic rings. The molecule has 0 bridgehead atoms. The molecular weight excluding hydrogens is 132 g/mol.